The Kier molecular flexibility index (Phi) is 5.92. The highest BCUT2D eigenvalue weighted by molar-refractivity contribution is 6.08. The molecule has 2 aliphatic heterocycles. The maximum Gasteiger partial charge on any atom is 0.255 e. The van der Waals surface area contributed by atoms with E-state index in [1.807, 2.05) is 24.3 Å². The van der Waals surface area contributed by atoms with E-state index in [1.165, 1.54) is 4.90 Å². The van der Waals surface area contributed by atoms with Crippen molar-refractivity contribution in [3.05, 3.63) is 71.3 Å². The number of ether oxygens (including phenoxy) is 2. The molecule has 2 heterocycles. The number of anilines is 1. The molecule has 4 amide bonds. The van der Waals surface area contributed by atoms with Gasteiger partial charge in [-0.15, -0.1) is 0 Å². The van der Waals surface area contributed by atoms with Crippen LogP contribution in [0.5, 0.6) is 5.75 Å². The first kappa shape index (κ1) is 22.5. The lowest BCUT2D eigenvalue weighted by Gasteiger charge is -2.29. The molecule has 9 nitrogen and oxygen atoms in total. The third-order valence-corrected chi connectivity index (χ3v) is 6.20. The summed E-state index contributed by atoms with van der Waals surface area (Å²) in [4.78, 5) is 50.9. The average Bonchev–Trinajstić information content (AvgIpc) is 3.17. The number of carbonyl (C=O) groups excluding carboxylic acids is 4. The number of carbonyl (C=O) groups is 4. The van der Waals surface area contributed by atoms with E-state index in [4.69, 9.17) is 9.47 Å². The Morgan fingerprint density at radius 1 is 1.06 bits per heavy atom. The largest absolute Gasteiger partial charge is 0.468 e. The van der Waals surface area contributed by atoms with Crippen molar-refractivity contribution in [2.45, 2.75) is 25.4 Å². The molecule has 35 heavy (non-hydrogen) atoms. The summed E-state index contributed by atoms with van der Waals surface area (Å²) in [5, 5.41) is 7.00. The zero-order chi connectivity index (χ0) is 24.5. The normalized spacial score (nSPS) is 17.3. The topological polar surface area (TPSA) is 114 Å². The minimum absolute atomic E-state index is 0.156. The highest BCUT2D eigenvalue weighted by atomic mass is 16.7. The minimum atomic E-state index is -0.677. The van der Waals surface area contributed by atoms with Crippen LogP contribution in [-0.4, -0.2) is 48.5 Å². The second kappa shape index (κ2) is 9.19. The van der Waals surface area contributed by atoms with Gasteiger partial charge in [-0.2, -0.15) is 0 Å². The highest BCUT2D eigenvalue weighted by Gasteiger charge is 2.39. The molecule has 5 rings (SSSR count). The number of imide groups is 1. The summed E-state index contributed by atoms with van der Waals surface area (Å²) in [6.07, 6.45) is 0.501. The second-order valence-electron chi connectivity index (χ2n) is 8.50. The summed E-state index contributed by atoms with van der Waals surface area (Å²) < 4.78 is 10.4. The molecule has 0 spiro atoms. The average molecular weight is 473 g/mol. The molecular formula is C26H23N3O6. The van der Waals surface area contributed by atoms with Gasteiger partial charge in [0.2, 0.25) is 11.8 Å². The van der Waals surface area contributed by atoms with Crippen LogP contribution >= 0.6 is 0 Å². The van der Waals surface area contributed by atoms with Crippen LogP contribution in [-0.2, 0) is 20.9 Å². The van der Waals surface area contributed by atoms with E-state index in [2.05, 4.69) is 10.6 Å². The van der Waals surface area contributed by atoms with E-state index in [9.17, 15) is 19.2 Å². The fourth-order valence-electron chi connectivity index (χ4n) is 4.44. The van der Waals surface area contributed by atoms with Crippen molar-refractivity contribution in [1.29, 1.82) is 0 Å². The fraction of sp³-hybridized carbons (Fsp3) is 0.231. The molecule has 178 valence electrons. The molecule has 1 fully saturated rings. The summed E-state index contributed by atoms with van der Waals surface area (Å²) in [6.45, 7) is 0.400. The SMILES string of the molecule is COCOc1ccc2cc(C(=O)Nc3ccc4c(c3)CN(C3CCC(=O)NC3=O)C4=O)ccc2c1. The Labute approximate surface area is 201 Å². The predicted molar refractivity (Wildman–Crippen MR) is 127 cm³/mol. The summed E-state index contributed by atoms with van der Waals surface area (Å²) in [5.74, 6) is -0.636. The van der Waals surface area contributed by atoms with E-state index in [0.717, 1.165) is 16.3 Å². The highest BCUT2D eigenvalue weighted by Crippen LogP contribution is 2.30. The zero-order valence-corrected chi connectivity index (χ0v) is 19.0. The third kappa shape index (κ3) is 4.45. The molecular weight excluding hydrogens is 450 g/mol. The van der Waals surface area contributed by atoms with Gasteiger partial charge in [0, 0.05) is 36.9 Å². The molecule has 9 heteroatoms. The smallest absolute Gasteiger partial charge is 0.255 e. The summed E-state index contributed by atoms with van der Waals surface area (Å²) in [7, 11) is 1.55. The van der Waals surface area contributed by atoms with E-state index in [-0.39, 0.29) is 37.5 Å². The molecule has 1 saturated heterocycles. The number of fused-ring (bicyclic) bond motifs is 2. The van der Waals surface area contributed by atoms with Crippen LogP contribution in [0.25, 0.3) is 10.8 Å². The number of hydrogen-bond donors (Lipinski definition) is 2. The molecule has 0 saturated carbocycles. The number of piperidine rings is 1. The van der Waals surface area contributed by atoms with Gasteiger partial charge in [-0.25, -0.2) is 0 Å². The van der Waals surface area contributed by atoms with Crippen LogP contribution in [0, 0.1) is 0 Å². The molecule has 2 N–H and O–H groups in total. The van der Waals surface area contributed by atoms with Crippen molar-refractivity contribution in [3.63, 3.8) is 0 Å². The van der Waals surface area contributed by atoms with Gasteiger partial charge in [0.1, 0.15) is 11.8 Å². The number of rotatable bonds is 6. The van der Waals surface area contributed by atoms with Crippen LogP contribution in [0.4, 0.5) is 5.69 Å². The van der Waals surface area contributed by atoms with Crippen LogP contribution < -0.4 is 15.4 Å². The second-order valence-corrected chi connectivity index (χ2v) is 8.50. The van der Waals surface area contributed by atoms with E-state index < -0.39 is 11.9 Å². The molecule has 3 aromatic rings. The quantitative estimate of drug-likeness (QED) is 0.420. The van der Waals surface area contributed by atoms with Crippen molar-refractivity contribution >= 4 is 40.1 Å². The molecule has 0 aliphatic carbocycles. The maximum absolute atomic E-state index is 12.9. The minimum Gasteiger partial charge on any atom is -0.468 e. The van der Waals surface area contributed by atoms with Gasteiger partial charge in [-0.1, -0.05) is 12.1 Å². The van der Waals surface area contributed by atoms with Crippen molar-refractivity contribution in [3.8, 4) is 5.75 Å². The molecule has 0 radical (unpaired) electrons. The van der Waals surface area contributed by atoms with Crippen molar-refractivity contribution in [1.82, 2.24) is 10.2 Å². The van der Waals surface area contributed by atoms with Gasteiger partial charge in [0.05, 0.1) is 0 Å². The van der Waals surface area contributed by atoms with Crippen molar-refractivity contribution in [2.75, 3.05) is 19.2 Å². The Balaban J connectivity index is 1.30. The van der Waals surface area contributed by atoms with E-state index in [1.54, 1.807) is 37.4 Å². The lowest BCUT2D eigenvalue weighted by atomic mass is 10.0. The molecule has 1 unspecified atom stereocenters. The van der Waals surface area contributed by atoms with E-state index in [0.29, 0.717) is 29.0 Å². The molecule has 2 aliphatic rings. The van der Waals surface area contributed by atoms with E-state index >= 15 is 0 Å². The van der Waals surface area contributed by atoms with Gasteiger partial charge in [0.15, 0.2) is 6.79 Å². The Bertz CT molecular complexity index is 1370. The molecule has 1 atom stereocenters. The first-order chi connectivity index (χ1) is 16.9. The maximum atomic E-state index is 12.9. The third-order valence-electron chi connectivity index (χ3n) is 6.20. The van der Waals surface area contributed by atoms with Crippen molar-refractivity contribution in [2.24, 2.45) is 0 Å². The number of hydrogen-bond acceptors (Lipinski definition) is 6. The van der Waals surface area contributed by atoms with Crippen LogP contribution in [0.2, 0.25) is 0 Å². The number of nitrogens with one attached hydrogen (secondary N) is 2. The van der Waals surface area contributed by atoms with Gasteiger partial charge in [0.25, 0.3) is 11.8 Å². The molecule has 0 bridgehead atoms. The summed E-state index contributed by atoms with van der Waals surface area (Å²) in [6, 6.07) is 15.3. The monoisotopic (exact) mass is 473 g/mol. The van der Waals surface area contributed by atoms with Gasteiger partial charge < -0.3 is 19.7 Å². The number of benzene rings is 3. The van der Waals surface area contributed by atoms with Crippen LogP contribution in [0.15, 0.2) is 54.6 Å². The zero-order valence-electron chi connectivity index (χ0n) is 19.0. The Morgan fingerprint density at radius 2 is 1.86 bits per heavy atom. The van der Waals surface area contributed by atoms with Crippen molar-refractivity contribution < 1.29 is 28.7 Å². The predicted octanol–water partition coefficient (Wildman–Crippen LogP) is 2.84. The van der Waals surface area contributed by atoms with Crippen LogP contribution in [0.3, 0.4) is 0 Å². The lowest BCUT2D eigenvalue weighted by Crippen LogP contribution is -2.52. The standard InChI is InChI=1S/C26H23N3O6/c1-34-14-35-20-6-4-15-10-17(3-2-16(15)12-20)24(31)27-19-5-7-21-18(11-19)13-29(26(21)33)22-8-9-23(30)28-25(22)32/h2-7,10-12,22H,8-9,13-14H2,1H3,(H,27,31)(H,28,30,32). The first-order valence-corrected chi connectivity index (χ1v) is 11.2. The number of methoxy groups -OCH3 is 1. The Hall–Kier alpha value is -4.24. The summed E-state index contributed by atoms with van der Waals surface area (Å²) >= 11 is 0. The lowest BCUT2D eigenvalue weighted by molar-refractivity contribution is -0.136. The van der Waals surface area contributed by atoms with Gasteiger partial charge in [-0.05, 0) is 65.2 Å². The number of amides is 4. The number of nitrogens with zero attached hydrogens (tertiary/aromatic N) is 1. The Morgan fingerprint density at radius 3 is 2.66 bits per heavy atom. The first-order valence-electron chi connectivity index (χ1n) is 11.2. The van der Waals surface area contributed by atoms with Gasteiger partial charge >= 0.3 is 0 Å². The summed E-state index contributed by atoms with van der Waals surface area (Å²) in [5.41, 5.74) is 2.25. The molecule has 3 aromatic carbocycles. The fourth-order valence-corrected chi connectivity index (χ4v) is 4.44. The van der Waals surface area contributed by atoms with Crippen LogP contribution in [0.1, 0.15) is 39.1 Å². The van der Waals surface area contributed by atoms with Gasteiger partial charge in [-0.3, -0.25) is 24.5 Å². The molecule has 0 aromatic heterocycles.